The molecule has 0 spiro atoms. The maximum atomic E-state index is 5.85. The average Bonchev–Trinajstić information content (AvgIpc) is 3.08. The predicted molar refractivity (Wildman–Crippen MR) is 69.7 cm³/mol. The Balaban J connectivity index is 1.94. The van der Waals surface area contributed by atoms with Crippen LogP contribution in [0.2, 0.25) is 0 Å². The van der Waals surface area contributed by atoms with E-state index in [4.69, 9.17) is 5.73 Å². The zero-order chi connectivity index (χ0) is 12.1. The Bertz CT molecular complexity index is 365. The number of aromatic nitrogens is 2. The van der Waals surface area contributed by atoms with Crippen LogP contribution in [-0.4, -0.2) is 22.6 Å². The third-order valence-electron chi connectivity index (χ3n) is 3.17. The largest absolute Gasteiger partial charge is 0.330 e. The van der Waals surface area contributed by atoms with E-state index in [1.807, 2.05) is 19.4 Å². The van der Waals surface area contributed by atoms with Crippen molar-refractivity contribution in [2.24, 2.45) is 5.73 Å². The van der Waals surface area contributed by atoms with Gasteiger partial charge in [0, 0.05) is 18.8 Å². The predicted octanol–water partition coefficient (Wildman–Crippen LogP) is 1.77. The molecule has 0 amide bonds. The maximum Gasteiger partial charge on any atom is 0.0951 e. The van der Waals surface area contributed by atoms with Crippen molar-refractivity contribution in [3.8, 4) is 0 Å². The Morgan fingerprint density at radius 3 is 3.12 bits per heavy atom. The maximum absolute atomic E-state index is 5.85. The quantitative estimate of drug-likeness (QED) is 0.558. The number of rotatable bonds is 7. The number of hydrogen-bond acceptors (Lipinski definition) is 3. The van der Waals surface area contributed by atoms with E-state index in [-0.39, 0.29) is 6.04 Å². The molecule has 1 aliphatic carbocycles. The fraction of sp³-hybridized carbons (Fsp3) is 0.615. The normalized spacial score (nSPS) is 17.8. The molecule has 1 unspecified atom stereocenters. The molecule has 4 nitrogen and oxygen atoms in total. The van der Waals surface area contributed by atoms with E-state index in [1.165, 1.54) is 18.5 Å². The van der Waals surface area contributed by atoms with Crippen LogP contribution in [0, 0.1) is 0 Å². The first kappa shape index (κ1) is 12.3. The van der Waals surface area contributed by atoms with Crippen LogP contribution in [0.4, 0.5) is 0 Å². The van der Waals surface area contributed by atoms with E-state index in [9.17, 15) is 0 Å². The van der Waals surface area contributed by atoms with E-state index in [0.29, 0.717) is 12.6 Å². The summed E-state index contributed by atoms with van der Waals surface area (Å²) in [6, 6.07) is 0.891. The highest BCUT2D eigenvalue weighted by atomic mass is 15.1. The lowest BCUT2D eigenvalue weighted by molar-refractivity contribution is 0.508. The molecule has 17 heavy (non-hydrogen) atoms. The SMILES string of the molecule is C/C=C/CCNC(CN)c1cncn1C1CC1. The van der Waals surface area contributed by atoms with Gasteiger partial charge in [0.1, 0.15) is 0 Å². The molecule has 1 aliphatic rings. The Morgan fingerprint density at radius 1 is 1.65 bits per heavy atom. The van der Waals surface area contributed by atoms with Crippen molar-refractivity contribution in [3.63, 3.8) is 0 Å². The number of nitrogens with two attached hydrogens (primary N) is 1. The minimum atomic E-state index is 0.225. The molecule has 94 valence electrons. The van der Waals surface area contributed by atoms with Crippen LogP contribution in [0.25, 0.3) is 0 Å². The molecule has 1 heterocycles. The molecule has 0 bridgehead atoms. The Kier molecular flexibility index (Phi) is 4.34. The van der Waals surface area contributed by atoms with Crippen molar-refractivity contribution in [1.82, 2.24) is 14.9 Å². The molecule has 1 saturated carbocycles. The number of allylic oxidation sites excluding steroid dienone is 1. The highest BCUT2D eigenvalue weighted by molar-refractivity contribution is 5.09. The second-order valence-electron chi connectivity index (χ2n) is 4.56. The topological polar surface area (TPSA) is 55.9 Å². The highest BCUT2D eigenvalue weighted by Crippen LogP contribution is 2.36. The van der Waals surface area contributed by atoms with Gasteiger partial charge in [-0.05, 0) is 32.7 Å². The summed E-state index contributed by atoms with van der Waals surface area (Å²) in [6.07, 6.45) is 11.7. The first-order valence-corrected chi connectivity index (χ1v) is 6.43. The molecule has 1 atom stereocenters. The second kappa shape index (κ2) is 5.98. The van der Waals surface area contributed by atoms with Crippen molar-refractivity contribution >= 4 is 0 Å². The standard InChI is InChI=1S/C13H22N4/c1-2-3-4-7-16-12(8-14)13-9-15-10-17(13)11-5-6-11/h2-3,9-12,16H,4-8,14H2,1H3/b3-2+. The molecule has 0 radical (unpaired) electrons. The monoisotopic (exact) mass is 234 g/mol. The highest BCUT2D eigenvalue weighted by Gasteiger charge is 2.27. The summed E-state index contributed by atoms with van der Waals surface area (Å²) in [6.45, 7) is 3.62. The number of imidazole rings is 1. The number of hydrogen-bond donors (Lipinski definition) is 2. The Labute approximate surface area is 103 Å². The lowest BCUT2D eigenvalue weighted by atomic mass is 10.2. The van der Waals surface area contributed by atoms with E-state index >= 15 is 0 Å². The number of nitrogens with one attached hydrogen (secondary N) is 1. The van der Waals surface area contributed by atoms with Gasteiger partial charge in [-0.2, -0.15) is 0 Å². The molecule has 3 N–H and O–H groups in total. The van der Waals surface area contributed by atoms with Crippen LogP contribution in [0.3, 0.4) is 0 Å². The molecular formula is C13H22N4. The molecule has 0 saturated heterocycles. The summed E-state index contributed by atoms with van der Waals surface area (Å²) < 4.78 is 2.28. The zero-order valence-corrected chi connectivity index (χ0v) is 10.5. The van der Waals surface area contributed by atoms with Crippen molar-refractivity contribution in [3.05, 3.63) is 30.4 Å². The van der Waals surface area contributed by atoms with Gasteiger partial charge < -0.3 is 15.6 Å². The third-order valence-corrected chi connectivity index (χ3v) is 3.17. The first-order valence-electron chi connectivity index (χ1n) is 6.43. The lowest BCUT2D eigenvalue weighted by Crippen LogP contribution is -2.30. The summed E-state index contributed by atoms with van der Waals surface area (Å²) in [7, 11) is 0. The van der Waals surface area contributed by atoms with Gasteiger partial charge in [0.25, 0.3) is 0 Å². The van der Waals surface area contributed by atoms with Gasteiger partial charge in [0.2, 0.25) is 0 Å². The van der Waals surface area contributed by atoms with Crippen molar-refractivity contribution in [2.45, 2.75) is 38.3 Å². The molecule has 0 aromatic carbocycles. The van der Waals surface area contributed by atoms with Crippen LogP contribution >= 0.6 is 0 Å². The van der Waals surface area contributed by atoms with E-state index < -0.39 is 0 Å². The summed E-state index contributed by atoms with van der Waals surface area (Å²) in [5, 5.41) is 3.49. The van der Waals surface area contributed by atoms with Gasteiger partial charge in [-0.3, -0.25) is 0 Å². The van der Waals surface area contributed by atoms with Crippen molar-refractivity contribution in [1.29, 1.82) is 0 Å². The second-order valence-corrected chi connectivity index (χ2v) is 4.56. The summed E-state index contributed by atoms with van der Waals surface area (Å²) in [5.41, 5.74) is 7.08. The minimum absolute atomic E-state index is 0.225. The lowest BCUT2D eigenvalue weighted by Gasteiger charge is -2.18. The summed E-state index contributed by atoms with van der Waals surface area (Å²) in [4.78, 5) is 4.25. The van der Waals surface area contributed by atoms with Gasteiger partial charge in [-0.1, -0.05) is 12.2 Å². The summed E-state index contributed by atoms with van der Waals surface area (Å²) >= 11 is 0. The van der Waals surface area contributed by atoms with E-state index in [0.717, 1.165) is 13.0 Å². The number of nitrogens with zero attached hydrogens (tertiary/aromatic N) is 2. The van der Waals surface area contributed by atoms with Gasteiger partial charge in [-0.15, -0.1) is 0 Å². The molecule has 1 fully saturated rings. The van der Waals surface area contributed by atoms with Gasteiger partial charge in [-0.25, -0.2) is 4.98 Å². The molecule has 4 heteroatoms. The van der Waals surface area contributed by atoms with E-state index in [1.54, 1.807) is 0 Å². The van der Waals surface area contributed by atoms with Gasteiger partial charge >= 0.3 is 0 Å². The van der Waals surface area contributed by atoms with Crippen molar-refractivity contribution in [2.75, 3.05) is 13.1 Å². The smallest absolute Gasteiger partial charge is 0.0951 e. The molecule has 0 aliphatic heterocycles. The van der Waals surface area contributed by atoms with Crippen LogP contribution in [0.15, 0.2) is 24.7 Å². The van der Waals surface area contributed by atoms with Crippen LogP contribution in [0.5, 0.6) is 0 Å². The summed E-state index contributed by atoms with van der Waals surface area (Å²) in [5.74, 6) is 0. The fourth-order valence-corrected chi connectivity index (χ4v) is 2.06. The molecular weight excluding hydrogens is 212 g/mol. The van der Waals surface area contributed by atoms with Crippen LogP contribution < -0.4 is 11.1 Å². The van der Waals surface area contributed by atoms with Gasteiger partial charge in [0.15, 0.2) is 0 Å². The van der Waals surface area contributed by atoms with Gasteiger partial charge in [0.05, 0.1) is 18.1 Å². The third kappa shape index (κ3) is 3.17. The molecule has 2 rings (SSSR count). The minimum Gasteiger partial charge on any atom is -0.330 e. The average molecular weight is 234 g/mol. The Morgan fingerprint density at radius 2 is 2.47 bits per heavy atom. The fourth-order valence-electron chi connectivity index (χ4n) is 2.06. The zero-order valence-electron chi connectivity index (χ0n) is 10.5. The molecule has 1 aromatic heterocycles. The Hall–Kier alpha value is -1.13. The van der Waals surface area contributed by atoms with Crippen molar-refractivity contribution < 1.29 is 0 Å². The van der Waals surface area contributed by atoms with Crippen LogP contribution in [-0.2, 0) is 0 Å². The van der Waals surface area contributed by atoms with E-state index in [2.05, 4.69) is 27.0 Å². The first-order chi connectivity index (χ1) is 8.36. The molecule has 1 aromatic rings. The van der Waals surface area contributed by atoms with Crippen LogP contribution in [0.1, 0.15) is 44.0 Å².